The van der Waals surface area contributed by atoms with Gasteiger partial charge in [0.2, 0.25) is 0 Å². The molecule has 0 aliphatic carbocycles. The molecule has 0 aliphatic heterocycles. The smallest absolute Gasteiger partial charge is 0.387 e. The topological polar surface area (TPSA) is 90.9 Å². The first-order valence-electron chi connectivity index (χ1n) is 8.08. The minimum atomic E-state index is -3.05. The van der Waals surface area contributed by atoms with Crippen molar-refractivity contribution >= 4 is 23.3 Å². The Bertz CT molecular complexity index is 856. The third-order valence-electron chi connectivity index (χ3n) is 3.34. The monoisotopic (exact) mass is 393 g/mol. The SMILES string of the molecule is CC(=O)c1cccc(OCC(=O)OCC(=O)Nc2ccccc2OC(F)F)c1. The molecular weight excluding hydrogens is 376 g/mol. The molecule has 0 bridgehead atoms. The predicted octanol–water partition coefficient (Wildman–Crippen LogP) is 3.05. The summed E-state index contributed by atoms with van der Waals surface area (Å²) in [5.74, 6) is -1.63. The van der Waals surface area contributed by atoms with Gasteiger partial charge in [-0.2, -0.15) is 8.78 Å². The van der Waals surface area contributed by atoms with Crippen molar-refractivity contribution in [2.75, 3.05) is 18.5 Å². The summed E-state index contributed by atoms with van der Waals surface area (Å²) in [5.41, 5.74) is 0.441. The number of carbonyl (C=O) groups excluding carboxylic acids is 3. The van der Waals surface area contributed by atoms with E-state index in [4.69, 9.17) is 9.47 Å². The standard InChI is InChI=1S/C19H17F2NO6/c1-12(23)13-5-4-6-14(9-13)26-11-18(25)27-10-17(24)22-15-7-2-3-8-16(15)28-19(20)21/h2-9,19H,10-11H2,1H3,(H,22,24). The van der Waals surface area contributed by atoms with E-state index in [1.165, 1.54) is 37.3 Å². The number of alkyl halides is 2. The van der Waals surface area contributed by atoms with Crippen molar-refractivity contribution in [3.63, 3.8) is 0 Å². The summed E-state index contributed by atoms with van der Waals surface area (Å²) in [5, 5.41) is 2.31. The highest BCUT2D eigenvalue weighted by Gasteiger charge is 2.13. The second-order valence-electron chi connectivity index (χ2n) is 5.46. The quantitative estimate of drug-likeness (QED) is 0.520. The Morgan fingerprint density at radius 1 is 1.04 bits per heavy atom. The molecule has 0 spiro atoms. The summed E-state index contributed by atoms with van der Waals surface area (Å²) in [6, 6.07) is 11.8. The van der Waals surface area contributed by atoms with Crippen molar-refractivity contribution in [3.8, 4) is 11.5 Å². The maximum absolute atomic E-state index is 12.3. The summed E-state index contributed by atoms with van der Waals surface area (Å²) in [6.07, 6.45) is 0. The van der Waals surface area contributed by atoms with Gasteiger partial charge in [-0.3, -0.25) is 9.59 Å². The van der Waals surface area contributed by atoms with Crippen LogP contribution in [0.2, 0.25) is 0 Å². The lowest BCUT2D eigenvalue weighted by atomic mass is 10.1. The van der Waals surface area contributed by atoms with Gasteiger partial charge >= 0.3 is 12.6 Å². The lowest BCUT2D eigenvalue weighted by Gasteiger charge is -2.12. The molecule has 0 heterocycles. The fraction of sp³-hybridized carbons (Fsp3) is 0.211. The lowest BCUT2D eigenvalue weighted by molar-refractivity contribution is -0.149. The molecule has 148 valence electrons. The minimum Gasteiger partial charge on any atom is -0.482 e. The van der Waals surface area contributed by atoms with E-state index in [-0.39, 0.29) is 17.2 Å². The molecule has 2 rings (SSSR count). The largest absolute Gasteiger partial charge is 0.482 e. The van der Waals surface area contributed by atoms with Crippen LogP contribution in [0, 0.1) is 0 Å². The maximum atomic E-state index is 12.3. The zero-order chi connectivity index (χ0) is 20.5. The van der Waals surface area contributed by atoms with Crippen molar-refractivity contribution in [1.82, 2.24) is 0 Å². The Morgan fingerprint density at radius 2 is 1.79 bits per heavy atom. The van der Waals surface area contributed by atoms with Gasteiger partial charge in [-0.25, -0.2) is 4.79 Å². The van der Waals surface area contributed by atoms with E-state index in [0.717, 1.165) is 0 Å². The van der Waals surface area contributed by atoms with E-state index in [2.05, 4.69) is 10.1 Å². The predicted molar refractivity (Wildman–Crippen MR) is 94.6 cm³/mol. The van der Waals surface area contributed by atoms with Gasteiger partial charge in [-0.1, -0.05) is 24.3 Å². The van der Waals surface area contributed by atoms with Gasteiger partial charge in [0, 0.05) is 5.56 Å². The molecule has 0 aromatic heterocycles. The van der Waals surface area contributed by atoms with Crippen LogP contribution < -0.4 is 14.8 Å². The number of rotatable bonds is 9. The Balaban J connectivity index is 1.81. The van der Waals surface area contributed by atoms with E-state index >= 15 is 0 Å². The zero-order valence-corrected chi connectivity index (χ0v) is 14.8. The Kier molecular flexibility index (Phi) is 7.44. The van der Waals surface area contributed by atoms with Gasteiger partial charge in [0.15, 0.2) is 19.0 Å². The second kappa shape index (κ2) is 10.0. The van der Waals surface area contributed by atoms with Crippen LogP contribution >= 0.6 is 0 Å². The number of benzene rings is 2. The molecule has 1 N–H and O–H groups in total. The molecule has 0 atom stereocenters. The molecule has 0 fully saturated rings. The van der Waals surface area contributed by atoms with Gasteiger partial charge in [-0.15, -0.1) is 0 Å². The number of carbonyl (C=O) groups is 3. The van der Waals surface area contributed by atoms with E-state index in [9.17, 15) is 23.2 Å². The summed E-state index contributed by atoms with van der Waals surface area (Å²) in [6.45, 7) is -2.76. The molecule has 0 unspecified atom stereocenters. The Hall–Kier alpha value is -3.49. The second-order valence-corrected chi connectivity index (χ2v) is 5.46. The van der Waals surface area contributed by atoms with Crippen LogP contribution in [0.3, 0.4) is 0 Å². The third-order valence-corrected chi connectivity index (χ3v) is 3.34. The summed E-state index contributed by atoms with van der Waals surface area (Å²) >= 11 is 0. The number of esters is 1. The maximum Gasteiger partial charge on any atom is 0.387 e. The first-order valence-corrected chi connectivity index (χ1v) is 8.08. The van der Waals surface area contributed by atoms with Crippen LogP contribution in [0.5, 0.6) is 11.5 Å². The number of nitrogens with one attached hydrogen (secondary N) is 1. The minimum absolute atomic E-state index is 0.0150. The highest BCUT2D eigenvalue weighted by atomic mass is 19.3. The van der Waals surface area contributed by atoms with Crippen molar-refractivity contribution in [1.29, 1.82) is 0 Å². The van der Waals surface area contributed by atoms with E-state index in [1.807, 2.05) is 0 Å². The molecule has 0 aliphatic rings. The van der Waals surface area contributed by atoms with Crippen molar-refractivity contribution in [3.05, 3.63) is 54.1 Å². The van der Waals surface area contributed by atoms with E-state index in [0.29, 0.717) is 11.3 Å². The van der Waals surface area contributed by atoms with Crippen LogP contribution in [-0.4, -0.2) is 37.5 Å². The molecule has 7 nitrogen and oxygen atoms in total. The Labute approximate surface area is 159 Å². The van der Waals surface area contributed by atoms with Gasteiger partial charge in [0.05, 0.1) is 5.69 Å². The number of Topliss-reactive ketones (excluding diaryl/α,β-unsaturated/α-hetero) is 1. The molecule has 0 saturated heterocycles. The molecule has 28 heavy (non-hydrogen) atoms. The Morgan fingerprint density at radius 3 is 2.50 bits per heavy atom. The first-order chi connectivity index (χ1) is 13.3. The number of halogens is 2. The number of hydrogen-bond donors (Lipinski definition) is 1. The highest BCUT2D eigenvalue weighted by Crippen LogP contribution is 2.25. The number of para-hydroxylation sites is 2. The highest BCUT2D eigenvalue weighted by molar-refractivity contribution is 5.95. The van der Waals surface area contributed by atoms with Crippen LogP contribution in [-0.2, 0) is 14.3 Å². The van der Waals surface area contributed by atoms with Gasteiger partial charge in [-0.05, 0) is 31.2 Å². The first kappa shape index (κ1) is 20.8. The van der Waals surface area contributed by atoms with Gasteiger partial charge in [0.1, 0.15) is 11.5 Å². The van der Waals surface area contributed by atoms with E-state index in [1.54, 1.807) is 18.2 Å². The molecule has 0 radical (unpaired) electrons. The molecule has 0 saturated carbocycles. The average molecular weight is 393 g/mol. The van der Waals surface area contributed by atoms with Crippen molar-refractivity contribution < 1.29 is 37.4 Å². The van der Waals surface area contributed by atoms with Crippen molar-refractivity contribution in [2.45, 2.75) is 13.5 Å². The van der Waals surface area contributed by atoms with Crippen LogP contribution in [0.25, 0.3) is 0 Å². The fourth-order valence-electron chi connectivity index (χ4n) is 2.09. The summed E-state index contributed by atoms with van der Waals surface area (Å²) < 4.78 is 39.0. The molecule has 9 heteroatoms. The summed E-state index contributed by atoms with van der Waals surface area (Å²) in [7, 11) is 0. The van der Waals surface area contributed by atoms with Crippen LogP contribution in [0.15, 0.2) is 48.5 Å². The number of ketones is 1. The van der Waals surface area contributed by atoms with Gasteiger partial charge < -0.3 is 19.5 Å². The zero-order valence-electron chi connectivity index (χ0n) is 14.8. The normalized spacial score (nSPS) is 10.3. The number of ether oxygens (including phenoxy) is 3. The third kappa shape index (κ3) is 6.67. The number of anilines is 1. The van der Waals surface area contributed by atoms with Crippen LogP contribution in [0.1, 0.15) is 17.3 Å². The molecule has 2 aromatic rings. The van der Waals surface area contributed by atoms with Crippen LogP contribution in [0.4, 0.5) is 14.5 Å². The molecule has 1 amide bonds. The number of hydrogen-bond acceptors (Lipinski definition) is 6. The lowest BCUT2D eigenvalue weighted by Crippen LogP contribution is -2.24. The number of amides is 1. The molecule has 2 aromatic carbocycles. The fourth-order valence-corrected chi connectivity index (χ4v) is 2.09. The van der Waals surface area contributed by atoms with Gasteiger partial charge in [0.25, 0.3) is 5.91 Å². The van der Waals surface area contributed by atoms with E-state index < -0.39 is 31.7 Å². The summed E-state index contributed by atoms with van der Waals surface area (Å²) in [4.78, 5) is 34.8. The molecular formula is C19H17F2NO6. The average Bonchev–Trinajstić information content (AvgIpc) is 2.66. The van der Waals surface area contributed by atoms with Crippen molar-refractivity contribution in [2.24, 2.45) is 0 Å².